The summed E-state index contributed by atoms with van der Waals surface area (Å²) in [4.78, 5) is 22.4. The zero-order valence-electron chi connectivity index (χ0n) is 11.3. The highest BCUT2D eigenvalue weighted by Crippen LogP contribution is 2.07. The first kappa shape index (κ1) is 16.1. The van der Waals surface area contributed by atoms with Gasteiger partial charge < -0.3 is 9.47 Å². The molecule has 0 radical (unpaired) electrons. The lowest BCUT2D eigenvalue weighted by Crippen LogP contribution is -2.18. The van der Waals surface area contributed by atoms with Crippen LogP contribution in [0.15, 0.2) is 0 Å². The summed E-state index contributed by atoms with van der Waals surface area (Å²) in [5, 5.41) is 0. The molecule has 0 spiro atoms. The van der Waals surface area contributed by atoms with Crippen LogP contribution in [0.3, 0.4) is 0 Å². The predicted octanol–water partition coefficient (Wildman–Crippen LogP) is 2.35. The molecule has 0 aliphatic carbocycles. The van der Waals surface area contributed by atoms with Crippen molar-refractivity contribution in [2.45, 2.75) is 53.1 Å². The summed E-state index contributed by atoms with van der Waals surface area (Å²) in [5.74, 6) is 0.185. The third-order valence-corrected chi connectivity index (χ3v) is 2.25. The van der Waals surface area contributed by atoms with Crippen LogP contribution in [-0.2, 0) is 19.1 Å². The van der Waals surface area contributed by atoms with Crippen molar-refractivity contribution in [3.05, 3.63) is 0 Å². The lowest BCUT2D eigenvalue weighted by atomic mass is 10.1. The third-order valence-electron chi connectivity index (χ3n) is 2.25. The number of rotatable bonds is 9. The Hall–Kier alpha value is -0.900. The zero-order valence-corrected chi connectivity index (χ0v) is 11.3. The van der Waals surface area contributed by atoms with Crippen LogP contribution in [0.1, 0.15) is 47.0 Å². The van der Waals surface area contributed by atoms with Gasteiger partial charge in [0.2, 0.25) is 0 Å². The highest BCUT2D eigenvalue weighted by molar-refractivity contribution is 5.83. The minimum absolute atomic E-state index is 0.0475. The smallest absolute Gasteiger partial charge is 0.306 e. The van der Waals surface area contributed by atoms with E-state index in [0.29, 0.717) is 12.5 Å². The molecular formula is C13H24O4. The predicted molar refractivity (Wildman–Crippen MR) is 65.7 cm³/mol. The van der Waals surface area contributed by atoms with Crippen LogP contribution >= 0.6 is 0 Å². The first-order chi connectivity index (χ1) is 7.95. The van der Waals surface area contributed by atoms with Crippen LogP contribution in [0.25, 0.3) is 0 Å². The molecule has 0 rings (SSSR count). The van der Waals surface area contributed by atoms with Gasteiger partial charge in [-0.25, -0.2) is 0 Å². The average Bonchev–Trinajstić information content (AvgIpc) is 2.23. The van der Waals surface area contributed by atoms with Crippen LogP contribution in [0.5, 0.6) is 0 Å². The maximum absolute atomic E-state index is 11.4. The Kier molecular flexibility index (Phi) is 8.68. The van der Waals surface area contributed by atoms with Gasteiger partial charge in [-0.15, -0.1) is 0 Å². The summed E-state index contributed by atoms with van der Waals surface area (Å²) in [6.45, 7) is 8.38. The number of ether oxygens (including phenoxy) is 2. The van der Waals surface area contributed by atoms with Gasteiger partial charge in [0.15, 0.2) is 5.78 Å². The summed E-state index contributed by atoms with van der Waals surface area (Å²) < 4.78 is 10.1. The van der Waals surface area contributed by atoms with E-state index in [-0.39, 0.29) is 37.3 Å². The molecule has 0 aromatic rings. The van der Waals surface area contributed by atoms with Crippen molar-refractivity contribution >= 4 is 11.8 Å². The van der Waals surface area contributed by atoms with E-state index in [4.69, 9.17) is 9.47 Å². The molecule has 0 aliphatic rings. The summed E-state index contributed by atoms with van der Waals surface area (Å²) >= 11 is 0. The molecule has 0 heterocycles. The highest BCUT2D eigenvalue weighted by Gasteiger charge is 2.10. The van der Waals surface area contributed by atoms with E-state index < -0.39 is 0 Å². The molecule has 0 saturated carbocycles. The Morgan fingerprint density at radius 2 is 1.76 bits per heavy atom. The topological polar surface area (TPSA) is 52.6 Å². The van der Waals surface area contributed by atoms with E-state index in [0.717, 1.165) is 6.42 Å². The fourth-order valence-electron chi connectivity index (χ4n) is 1.51. The normalized spacial score (nSPS) is 12.5. The highest BCUT2D eigenvalue weighted by atomic mass is 16.5. The summed E-state index contributed by atoms with van der Waals surface area (Å²) in [6.07, 6.45) is 1.37. The van der Waals surface area contributed by atoms with Crippen molar-refractivity contribution < 1.29 is 19.1 Å². The molecule has 0 saturated heterocycles. The Balaban J connectivity index is 3.62. The molecule has 0 amide bonds. The van der Waals surface area contributed by atoms with Crippen LogP contribution in [0.2, 0.25) is 0 Å². The van der Waals surface area contributed by atoms with Gasteiger partial charge in [-0.3, -0.25) is 9.59 Å². The van der Waals surface area contributed by atoms with E-state index in [9.17, 15) is 9.59 Å². The Morgan fingerprint density at radius 1 is 1.12 bits per heavy atom. The van der Waals surface area contributed by atoms with Gasteiger partial charge >= 0.3 is 5.97 Å². The van der Waals surface area contributed by atoms with Gasteiger partial charge in [0.05, 0.1) is 19.1 Å². The van der Waals surface area contributed by atoms with Crippen molar-refractivity contribution in [3.8, 4) is 0 Å². The number of esters is 1. The molecule has 0 aliphatic heterocycles. The summed E-state index contributed by atoms with van der Waals surface area (Å²) in [5.41, 5.74) is 0. The molecular weight excluding hydrogens is 220 g/mol. The number of hydrogen-bond donors (Lipinski definition) is 0. The fraction of sp³-hybridized carbons (Fsp3) is 0.846. The monoisotopic (exact) mass is 244 g/mol. The van der Waals surface area contributed by atoms with Gasteiger partial charge in [0.25, 0.3) is 0 Å². The van der Waals surface area contributed by atoms with E-state index in [2.05, 4.69) is 13.8 Å². The minimum Gasteiger partial charge on any atom is -0.466 e. The van der Waals surface area contributed by atoms with Gasteiger partial charge in [-0.05, 0) is 26.2 Å². The Morgan fingerprint density at radius 3 is 2.29 bits per heavy atom. The zero-order chi connectivity index (χ0) is 13.3. The summed E-state index contributed by atoms with van der Waals surface area (Å²) in [7, 11) is 0. The van der Waals surface area contributed by atoms with Crippen LogP contribution < -0.4 is 0 Å². The third kappa shape index (κ3) is 10.00. The summed E-state index contributed by atoms with van der Waals surface area (Å²) in [6, 6.07) is 0. The molecule has 1 unspecified atom stereocenters. The van der Waals surface area contributed by atoms with E-state index in [1.807, 2.05) is 6.92 Å². The maximum Gasteiger partial charge on any atom is 0.306 e. The molecule has 1 atom stereocenters. The molecule has 0 aromatic carbocycles. The van der Waals surface area contributed by atoms with Gasteiger partial charge in [0.1, 0.15) is 6.61 Å². The molecule has 4 heteroatoms. The SMILES string of the molecule is CCOC(=O)CCC(=O)COC(C)CC(C)C. The standard InChI is InChI=1S/C13H24O4/c1-5-16-13(15)7-6-12(14)9-17-11(4)8-10(2)3/h10-11H,5-9H2,1-4H3. The lowest BCUT2D eigenvalue weighted by Gasteiger charge is -2.14. The largest absolute Gasteiger partial charge is 0.466 e. The second-order valence-electron chi connectivity index (χ2n) is 4.59. The van der Waals surface area contributed by atoms with E-state index in [1.54, 1.807) is 6.92 Å². The number of carbonyl (C=O) groups is 2. The lowest BCUT2D eigenvalue weighted by molar-refractivity contribution is -0.144. The van der Waals surface area contributed by atoms with Crippen molar-refractivity contribution in [2.75, 3.05) is 13.2 Å². The molecule has 0 aromatic heterocycles. The van der Waals surface area contributed by atoms with Gasteiger partial charge in [-0.2, -0.15) is 0 Å². The first-order valence-electron chi connectivity index (χ1n) is 6.24. The van der Waals surface area contributed by atoms with E-state index in [1.165, 1.54) is 0 Å². The Labute approximate surface area is 104 Å². The Bertz CT molecular complexity index is 236. The van der Waals surface area contributed by atoms with Crippen molar-refractivity contribution in [2.24, 2.45) is 5.92 Å². The quantitative estimate of drug-likeness (QED) is 0.584. The number of hydrogen-bond acceptors (Lipinski definition) is 4. The van der Waals surface area contributed by atoms with Gasteiger partial charge in [-0.1, -0.05) is 13.8 Å². The molecule has 0 bridgehead atoms. The second kappa shape index (κ2) is 9.16. The molecule has 4 nitrogen and oxygen atoms in total. The van der Waals surface area contributed by atoms with E-state index >= 15 is 0 Å². The van der Waals surface area contributed by atoms with Crippen LogP contribution in [0.4, 0.5) is 0 Å². The van der Waals surface area contributed by atoms with Gasteiger partial charge in [0, 0.05) is 6.42 Å². The van der Waals surface area contributed by atoms with Crippen LogP contribution in [-0.4, -0.2) is 31.1 Å². The van der Waals surface area contributed by atoms with Crippen LogP contribution in [0, 0.1) is 5.92 Å². The van der Waals surface area contributed by atoms with Crippen molar-refractivity contribution in [1.82, 2.24) is 0 Å². The number of Topliss-reactive ketones (excluding diaryl/α,β-unsaturated/α-hetero) is 1. The van der Waals surface area contributed by atoms with Crippen molar-refractivity contribution in [1.29, 1.82) is 0 Å². The maximum atomic E-state index is 11.4. The second-order valence-corrected chi connectivity index (χ2v) is 4.59. The molecule has 0 fully saturated rings. The number of ketones is 1. The molecule has 100 valence electrons. The average molecular weight is 244 g/mol. The molecule has 17 heavy (non-hydrogen) atoms. The van der Waals surface area contributed by atoms with Crippen molar-refractivity contribution in [3.63, 3.8) is 0 Å². The first-order valence-corrected chi connectivity index (χ1v) is 6.24. The fourth-order valence-corrected chi connectivity index (χ4v) is 1.51. The number of carbonyl (C=O) groups excluding carboxylic acids is 2. The minimum atomic E-state index is -0.323. The molecule has 0 N–H and O–H groups in total.